The van der Waals surface area contributed by atoms with Crippen molar-refractivity contribution in [2.24, 2.45) is 0 Å². The Morgan fingerprint density at radius 2 is 1.50 bits per heavy atom. The van der Waals surface area contributed by atoms with Crippen molar-refractivity contribution in [2.75, 3.05) is 0 Å². The Morgan fingerprint density at radius 1 is 1.00 bits per heavy atom. The molecule has 0 aliphatic rings. The first-order valence-electron chi connectivity index (χ1n) is 4.21. The highest BCUT2D eigenvalue weighted by Gasteiger charge is 2.40. The molecular weight excluding hydrogens is 262 g/mol. The van der Waals surface area contributed by atoms with E-state index in [0.29, 0.717) is 6.07 Å². The van der Waals surface area contributed by atoms with Gasteiger partial charge in [0.2, 0.25) is 5.69 Å². The molecule has 0 fully saturated rings. The van der Waals surface area contributed by atoms with Crippen molar-refractivity contribution < 1.29 is 26.3 Å². The first kappa shape index (κ1) is 13.8. The Kier molecular flexibility index (Phi) is 3.25. The molecule has 94 valence electrons. The van der Waals surface area contributed by atoms with Crippen molar-refractivity contribution >= 4 is 5.69 Å². The maximum absolute atomic E-state index is 12.4. The second-order valence-electron chi connectivity index (χ2n) is 3.13. The first-order chi connectivity index (χ1) is 8.11. The number of alkyl halides is 6. The lowest BCUT2D eigenvalue weighted by molar-refractivity contribution is -0.142. The van der Waals surface area contributed by atoms with Gasteiger partial charge in [-0.15, -0.1) is 0 Å². The molecule has 0 spiro atoms. The Morgan fingerprint density at radius 3 is 1.83 bits per heavy atom. The van der Waals surface area contributed by atoms with Crippen molar-refractivity contribution in [3.8, 4) is 6.07 Å². The van der Waals surface area contributed by atoms with Gasteiger partial charge in [0.1, 0.15) is 0 Å². The van der Waals surface area contributed by atoms with Gasteiger partial charge in [0.25, 0.3) is 0 Å². The van der Waals surface area contributed by atoms with Crippen LogP contribution < -0.4 is 0 Å². The van der Waals surface area contributed by atoms with Crippen molar-refractivity contribution in [3.63, 3.8) is 0 Å². The standard InChI is InChI=1S/C10H2F6N2/c1-18-8-2-5(4-17)6(9(11,12)13)3-7(8)10(14,15)16/h2-3H. The number of nitrogens with zero attached hydrogens (tertiary/aromatic N) is 2. The molecule has 0 radical (unpaired) electrons. The topological polar surface area (TPSA) is 28.1 Å². The molecule has 0 N–H and O–H groups in total. The molecule has 0 aliphatic heterocycles. The average molecular weight is 264 g/mol. The number of benzene rings is 1. The van der Waals surface area contributed by atoms with E-state index < -0.39 is 34.7 Å². The van der Waals surface area contributed by atoms with Gasteiger partial charge in [-0.2, -0.15) is 31.6 Å². The molecule has 0 heterocycles. The monoisotopic (exact) mass is 264 g/mol. The van der Waals surface area contributed by atoms with E-state index in [1.54, 1.807) is 0 Å². The number of hydrogen-bond acceptors (Lipinski definition) is 1. The highest BCUT2D eigenvalue weighted by atomic mass is 19.4. The van der Waals surface area contributed by atoms with E-state index >= 15 is 0 Å². The summed E-state index contributed by atoms with van der Waals surface area (Å²) >= 11 is 0. The molecule has 0 amide bonds. The normalized spacial score (nSPS) is 11.8. The fraction of sp³-hybridized carbons (Fsp3) is 0.200. The molecule has 1 aromatic carbocycles. The lowest BCUT2D eigenvalue weighted by atomic mass is 10.0. The third-order valence-electron chi connectivity index (χ3n) is 1.99. The van der Waals surface area contributed by atoms with Gasteiger partial charge in [0, 0.05) is 0 Å². The molecule has 8 heteroatoms. The highest BCUT2D eigenvalue weighted by molar-refractivity contribution is 5.61. The molecule has 1 aromatic rings. The molecule has 0 aliphatic carbocycles. The van der Waals surface area contributed by atoms with Crippen LogP contribution in [0.5, 0.6) is 0 Å². The van der Waals surface area contributed by atoms with E-state index in [-0.39, 0.29) is 6.07 Å². The SMILES string of the molecule is [C-]#[N+]c1cc(C#N)c(C(F)(F)F)cc1C(F)(F)F. The van der Waals surface area contributed by atoms with E-state index in [1.807, 2.05) is 0 Å². The average Bonchev–Trinajstić information content (AvgIpc) is 2.24. The van der Waals surface area contributed by atoms with Gasteiger partial charge in [-0.05, 0) is 12.1 Å². The minimum Gasteiger partial charge on any atom is -0.237 e. The maximum atomic E-state index is 12.4. The van der Waals surface area contributed by atoms with Crippen LogP contribution in [-0.4, -0.2) is 0 Å². The quantitative estimate of drug-likeness (QED) is 0.511. The van der Waals surface area contributed by atoms with Gasteiger partial charge in [0.05, 0.1) is 29.3 Å². The van der Waals surface area contributed by atoms with Gasteiger partial charge in [-0.1, -0.05) is 0 Å². The number of halogens is 6. The Labute approximate surface area is 96.9 Å². The largest absolute Gasteiger partial charge is 0.417 e. The summed E-state index contributed by atoms with van der Waals surface area (Å²) in [5.74, 6) is 0. The van der Waals surface area contributed by atoms with Gasteiger partial charge in [-0.25, -0.2) is 4.85 Å². The van der Waals surface area contributed by atoms with Crippen LogP contribution in [0.15, 0.2) is 12.1 Å². The molecule has 1 rings (SSSR count). The summed E-state index contributed by atoms with van der Waals surface area (Å²) in [6.07, 6.45) is -10.2. The molecular formula is C10H2F6N2. The lowest BCUT2D eigenvalue weighted by Crippen LogP contribution is -2.12. The summed E-state index contributed by atoms with van der Waals surface area (Å²) in [6.45, 7) is 6.50. The third kappa shape index (κ3) is 2.54. The summed E-state index contributed by atoms with van der Waals surface area (Å²) in [5, 5.41) is 8.46. The zero-order valence-electron chi connectivity index (χ0n) is 8.32. The van der Waals surface area contributed by atoms with Crippen LogP contribution in [0.3, 0.4) is 0 Å². The number of rotatable bonds is 0. The van der Waals surface area contributed by atoms with Crippen molar-refractivity contribution in [2.45, 2.75) is 12.4 Å². The fourth-order valence-electron chi connectivity index (χ4n) is 1.23. The smallest absolute Gasteiger partial charge is 0.237 e. The Bertz CT molecular complexity index is 509. The Balaban J connectivity index is 3.68. The molecule has 18 heavy (non-hydrogen) atoms. The molecule has 0 saturated heterocycles. The van der Waals surface area contributed by atoms with Crippen LogP contribution in [-0.2, 0) is 12.4 Å². The van der Waals surface area contributed by atoms with E-state index in [1.165, 1.54) is 0 Å². The second kappa shape index (κ2) is 4.22. The van der Waals surface area contributed by atoms with E-state index in [4.69, 9.17) is 11.8 Å². The highest BCUT2D eigenvalue weighted by Crippen LogP contribution is 2.42. The second-order valence-corrected chi connectivity index (χ2v) is 3.13. The zero-order valence-corrected chi connectivity index (χ0v) is 8.32. The molecule has 0 atom stereocenters. The van der Waals surface area contributed by atoms with Crippen molar-refractivity contribution in [3.05, 3.63) is 40.2 Å². The summed E-state index contributed by atoms with van der Waals surface area (Å²) in [5.41, 5.74) is -5.46. The summed E-state index contributed by atoms with van der Waals surface area (Å²) < 4.78 is 74.7. The predicted octanol–water partition coefficient (Wildman–Crippen LogP) is 4.15. The molecule has 0 unspecified atom stereocenters. The predicted molar refractivity (Wildman–Crippen MR) is 47.4 cm³/mol. The van der Waals surface area contributed by atoms with Gasteiger partial charge in [-0.3, -0.25) is 0 Å². The van der Waals surface area contributed by atoms with Crippen molar-refractivity contribution in [1.29, 1.82) is 5.26 Å². The fourth-order valence-corrected chi connectivity index (χ4v) is 1.23. The maximum Gasteiger partial charge on any atom is 0.417 e. The lowest BCUT2D eigenvalue weighted by Gasteiger charge is -2.14. The van der Waals surface area contributed by atoms with Crippen LogP contribution in [0, 0.1) is 17.9 Å². The van der Waals surface area contributed by atoms with Crippen LogP contribution in [0.2, 0.25) is 0 Å². The summed E-state index contributed by atoms with van der Waals surface area (Å²) in [6, 6.07) is 1.20. The number of hydrogen-bond donors (Lipinski definition) is 0. The number of nitriles is 1. The molecule has 0 bridgehead atoms. The van der Waals surface area contributed by atoms with E-state index in [9.17, 15) is 26.3 Å². The molecule has 0 saturated carbocycles. The van der Waals surface area contributed by atoms with E-state index in [2.05, 4.69) is 4.85 Å². The minimum atomic E-state index is -5.09. The van der Waals surface area contributed by atoms with Crippen LogP contribution >= 0.6 is 0 Å². The summed E-state index contributed by atoms with van der Waals surface area (Å²) in [7, 11) is 0. The van der Waals surface area contributed by atoms with Crippen LogP contribution in [0.4, 0.5) is 32.0 Å². The van der Waals surface area contributed by atoms with Gasteiger partial charge in [0.15, 0.2) is 0 Å². The molecule has 0 aromatic heterocycles. The first-order valence-corrected chi connectivity index (χ1v) is 4.21. The van der Waals surface area contributed by atoms with Crippen LogP contribution in [0.25, 0.3) is 4.85 Å². The minimum absolute atomic E-state index is 0.216. The van der Waals surface area contributed by atoms with Gasteiger partial charge < -0.3 is 0 Å². The van der Waals surface area contributed by atoms with Crippen LogP contribution in [0.1, 0.15) is 16.7 Å². The Hall–Kier alpha value is -2.22. The zero-order chi connectivity index (χ0) is 14.1. The van der Waals surface area contributed by atoms with Gasteiger partial charge >= 0.3 is 12.4 Å². The third-order valence-corrected chi connectivity index (χ3v) is 1.99. The van der Waals surface area contributed by atoms with Crippen molar-refractivity contribution in [1.82, 2.24) is 0 Å². The summed E-state index contributed by atoms with van der Waals surface area (Å²) in [4.78, 5) is 2.48. The van der Waals surface area contributed by atoms with E-state index in [0.717, 1.165) is 6.07 Å². The molecule has 2 nitrogen and oxygen atoms in total.